The minimum atomic E-state index is 0.425. The van der Waals surface area contributed by atoms with Gasteiger partial charge in [0.2, 0.25) is 0 Å². The van der Waals surface area contributed by atoms with Crippen LogP contribution in [0.15, 0.2) is 0 Å². The lowest BCUT2D eigenvalue weighted by Crippen LogP contribution is -2.53. The summed E-state index contributed by atoms with van der Waals surface area (Å²) in [5, 5.41) is 3.54. The van der Waals surface area contributed by atoms with Crippen molar-refractivity contribution in [3.8, 4) is 0 Å². The molecule has 0 aliphatic carbocycles. The summed E-state index contributed by atoms with van der Waals surface area (Å²) in [6.45, 7) is 10.3. The van der Waals surface area contributed by atoms with Crippen LogP contribution in [0, 0.1) is 0 Å². The normalized spacial score (nSPS) is 39.5. The standard InChI is InChI=1S/C14H28N2O/c1-4-16(13-6-5-7-15-10-13)14-8-11(2)17-12(3)9-14/h11-15H,4-10H2,1-3H3. The van der Waals surface area contributed by atoms with Gasteiger partial charge in [-0.1, -0.05) is 6.92 Å². The molecule has 0 amide bonds. The van der Waals surface area contributed by atoms with Gasteiger partial charge in [-0.2, -0.15) is 0 Å². The number of piperidine rings is 1. The van der Waals surface area contributed by atoms with E-state index < -0.39 is 0 Å². The predicted octanol–water partition coefficient (Wildman–Crippen LogP) is 2.02. The summed E-state index contributed by atoms with van der Waals surface area (Å²) in [6, 6.07) is 1.47. The van der Waals surface area contributed by atoms with Gasteiger partial charge >= 0.3 is 0 Å². The summed E-state index contributed by atoms with van der Waals surface area (Å²) in [7, 11) is 0. The Labute approximate surface area is 106 Å². The van der Waals surface area contributed by atoms with Crippen LogP contribution < -0.4 is 5.32 Å². The highest BCUT2D eigenvalue weighted by atomic mass is 16.5. The van der Waals surface area contributed by atoms with Crippen molar-refractivity contribution in [3.05, 3.63) is 0 Å². The van der Waals surface area contributed by atoms with Gasteiger partial charge in [-0.3, -0.25) is 4.90 Å². The van der Waals surface area contributed by atoms with E-state index in [4.69, 9.17) is 4.74 Å². The van der Waals surface area contributed by atoms with Gasteiger partial charge < -0.3 is 10.1 Å². The SMILES string of the molecule is CCN(C1CCCNC1)C1CC(C)OC(C)C1. The van der Waals surface area contributed by atoms with Crippen molar-refractivity contribution < 1.29 is 4.74 Å². The summed E-state index contributed by atoms with van der Waals surface area (Å²) in [4.78, 5) is 2.72. The van der Waals surface area contributed by atoms with Crippen molar-refractivity contribution in [1.82, 2.24) is 10.2 Å². The lowest BCUT2D eigenvalue weighted by Gasteiger charge is -2.44. The molecule has 0 aromatic carbocycles. The van der Waals surface area contributed by atoms with Crippen molar-refractivity contribution >= 4 is 0 Å². The van der Waals surface area contributed by atoms with Crippen LogP contribution in [0.3, 0.4) is 0 Å². The monoisotopic (exact) mass is 240 g/mol. The molecule has 0 aromatic heterocycles. The maximum atomic E-state index is 5.86. The molecule has 0 bridgehead atoms. The van der Waals surface area contributed by atoms with E-state index in [1.807, 2.05) is 0 Å². The van der Waals surface area contributed by atoms with Crippen LogP contribution in [0.1, 0.15) is 46.5 Å². The fourth-order valence-corrected chi connectivity index (χ4v) is 3.57. The molecule has 1 N–H and O–H groups in total. The Morgan fingerprint density at radius 1 is 1.18 bits per heavy atom. The topological polar surface area (TPSA) is 24.5 Å². The summed E-state index contributed by atoms with van der Waals surface area (Å²) in [6.07, 6.45) is 5.95. The molecule has 0 spiro atoms. The van der Waals surface area contributed by atoms with Gasteiger partial charge in [-0.15, -0.1) is 0 Å². The van der Waals surface area contributed by atoms with E-state index in [-0.39, 0.29) is 0 Å². The maximum Gasteiger partial charge on any atom is 0.0565 e. The van der Waals surface area contributed by atoms with E-state index in [0.717, 1.165) is 12.1 Å². The molecule has 17 heavy (non-hydrogen) atoms. The Kier molecular flexibility index (Phi) is 4.83. The molecule has 2 fully saturated rings. The molecule has 3 atom stereocenters. The largest absolute Gasteiger partial charge is 0.375 e. The zero-order chi connectivity index (χ0) is 12.3. The average molecular weight is 240 g/mol. The number of rotatable bonds is 3. The summed E-state index contributed by atoms with van der Waals surface area (Å²) in [5.74, 6) is 0. The van der Waals surface area contributed by atoms with Gasteiger partial charge in [0, 0.05) is 18.6 Å². The van der Waals surface area contributed by atoms with Crippen molar-refractivity contribution in [2.75, 3.05) is 19.6 Å². The second kappa shape index (κ2) is 6.17. The molecule has 2 aliphatic heterocycles. The van der Waals surface area contributed by atoms with Gasteiger partial charge in [0.05, 0.1) is 12.2 Å². The van der Waals surface area contributed by atoms with Gasteiger partial charge in [-0.05, 0) is 52.6 Å². The van der Waals surface area contributed by atoms with Crippen LogP contribution in [0.5, 0.6) is 0 Å². The van der Waals surface area contributed by atoms with Gasteiger partial charge in [0.1, 0.15) is 0 Å². The minimum absolute atomic E-state index is 0.425. The molecule has 2 heterocycles. The first-order valence-electron chi connectivity index (χ1n) is 7.32. The zero-order valence-electron chi connectivity index (χ0n) is 11.6. The van der Waals surface area contributed by atoms with Gasteiger partial charge in [-0.25, -0.2) is 0 Å². The molecule has 0 aromatic rings. The lowest BCUT2D eigenvalue weighted by atomic mass is 9.95. The number of likely N-dealkylation sites (N-methyl/N-ethyl adjacent to an activating group) is 1. The third kappa shape index (κ3) is 3.43. The Hall–Kier alpha value is -0.120. The number of nitrogens with zero attached hydrogens (tertiary/aromatic N) is 1. The molecule has 0 radical (unpaired) electrons. The lowest BCUT2D eigenvalue weighted by molar-refractivity contribution is -0.0727. The summed E-state index contributed by atoms with van der Waals surface area (Å²) in [5.41, 5.74) is 0. The Balaban J connectivity index is 1.96. The predicted molar refractivity (Wildman–Crippen MR) is 71.3 cm³/mol. The average Bonchev–Trinajstić information content (AvgIpc) is 2.30. The number of hydrogen-bond acceptors (Lipinski definition) is 3. The molecule has 2 rings (SSSR count). The zero-order valence-corrected chi connectivity index (χ0v) is 11.6. The highest BCUT2D eigenvalue weighted by molar-refractivity contribution is 4.87. The van der Waals surface area contributed by atoms with Crippen molar-refractivity contribution in [2.45, 2.75) is 70.7 Å². The number of nitrogens with one attached hydrogen (secondary N) is 1. The van der Waals surface area contributed by atoms with E-state index in [1.165, 1.54) is 45.3 Å². The molecular weight excluding hydrogens is 212 g/mol. The van der Waals surface area contributed by atoms with Crippen LogP contribution in [-0.4, -0.2) is 48.8 Å². The molecule has 2 saturated heterocycles. The number of ether oxygens (including phenoxy) is 1. The van der Waals surface area contributed by atoms with Crippen LogP contribution >= 0.6 is 0 Å². The van der Waals surface area contributed by atoms with Gasteiger partial charge in [0.25, 0.3) is 0 Å². The first kappa shape index (κ1) is 13.3. The summed E-state index contributed by atoms with van der Waals surface area (Å²) < 4.78 is 5.86. The maximum absolute atomic E-state index is 5.86. The number of hydrogen-bond donors (Lipinski definition) is 1. The molecule has 0 saturated carbocycles. The first-order chi connectivity index (χ1) is 8.20. The molecule has 3 unspecified atom stereocenters. The third-order valence-corrected chi connectivity index (χ3v) is 4.25. The summed E-state index contributed by atoms with van der Waals surface area (Å²) >= 11 is 0. The second-order valence-electron chi connectivity index (χ2n) is 5.71. The van der Waals surface area contributed by atoms with E-state index in [9.17, 15) is 0 Å². The van der Waals surface area contributed by atoms with Crippen molar-refractivity contribution in [3.63, 3.8) is 0 Å². The first-order valence-corrected chi connectivity index (χ1v) is 7.32. The van der Waals surface area contributed by atoms with Crippen LogP contribution in [0.25, 0.3) is 0 Å². The molecular formula is C14H28N2O. The smallest absolute Gasteiger partial charge is 0.0565 e. The van der Waals surface area contributed by atoms with E-state index in [0.29, 0.717) is 12.2 Å². The molecule has 3 nitrogen and oxygen atoms in total. The van der Waals surface area contributed by atoms with E-state index in [2.05, 4.69) is 31.0 Å². The van der Waals surface area contributed by atoms with Crippen molar-refractivity contribution in [1.29, 1.82) is 0 Å². The van der Waals surface area contributed by atoms with Crippen LogP contribution in [-0.2, 0) is 4.74 Å². The highest BCUT2D eigenvalue weighted by Gasteiger charge is 2.32. The van der Waals surface area contributed by atoms with Crippen LogP contribution in [0.4, 0.5) is 0 Å². The second-order valence-corrected chi connectivity index (χ2v) is 5.71. The Morgan fingerprint density at radius 2 is 1.88 bits per heavy atom. The highest BCUT2D eigenvalue weighted by Crippen LogP contribution is 2.26. The Bertz CT molecular complexity index is 218. The van der Waals surface area contributed by atoms with Crippen LogP contribution in [0.2, 0.25) is 0 Å². The Morgan fingerprint density at radius 3 is 2.41 bits per heavy atom. The van der Waals surface area contributed by atoms with E-state index >= 15 is 0 Å². The molecule has 2 aliphatic rings. The fraction of sp³-hybridized carbons (Fsp3) is 1.00. The molecule has 100 valence electrons. The van der Waals surface area contributed by atoms with Gasteiger partial charge in [0.15, 0.2) is 0 Å². The quantitative estimate of drug-likeness (QED) is 0.817. The van der Waals surface area contributed by atoms with Crippen molar-refractivity contribution in [2.24, 2.45) is 0 Å². The third-order valence-electron chi connectivity index (χ3n) is 4.25. The molecule has 3 heteroatoms. The fourth-order valence-electron chi connectivity index (χ4n) is 3.57. The minimum Gasteiger partial charge on any atom is -0.375 e. The van der Waals surface area contributed by atoms with E-state index in [1.54, 1.807) is 0 Å².